The van der Waals surface area contributed by atoms with Gasteiger partial charge in [0.25, 0.3) is 5.91 Å². The first-order valence-corrected chi connectivity index (χ1v) is 10.5. The van der Waals surface area contributed by atoms with Gasteiger partial charge in [0.1, 0.15) is 11.5 Å². The van der Waals surface area contributed by atoms with Gasteiger partial charge >= 0.3 is 0 Å². The third-order valence-corrected chi connectivity index (χ3v) is 5.46. The summed E-state index contributed by atoms with van der Waals surface area (Å²) in [5, 5.41) is 3.04. The van der Waals surface area contributed by atoms with Crippen LogP contribution in [0.15, 0.2) is 54.6 Å². The van der Waals surface area contributed by atoms with E-state index >= 15 is 0 Å². The number of hydrogen-bond donors (Lipinski definition) is 1. The first-order chi connectivity index (χ1) is 14.6. The topological polar surface area (TPSA) is 67.9 Å². The van der Waals surface area contributed by atoms with Gasteiger partial charge in [0.2, 0.25) is 5.91 Å². The fourth-order valence-corrected chi connectivity index (χ4v) is 3.54. The van der Waals surface area contributed by atoms with Gasteiger partial charge in [-0.1, -0.05) is 30.3 Å². The maximum atomic E-state index is 12.3. The molecule has 6 nitrogen and oxygen atoms in total. The van der Waals surface area contributed by atoms with Gasteiger partial charge < -0.3 is 19.7 Å². The third-order valence-electron chi connectivity index (χ3n) is 5.46. The molecule has 0 atom stereocenters. The Morgan fingerprint density at radius 2 is 1.70 bits per heavy atom. The fourth-order valence-electron chi connectivity index (χ4n) is 3.54. The molecule has 0 spiro atoms. The van der Waals surface area contributed by atoms with Gasteiger partial charge in [-0.3, -0.25) is 9.59 Å². The number of aryl methyl sites for hydroxylation is 1. The highest BCUT2D eigenvalue weighted by Crippen LogP contribution is 2.17. The Kier molecular flexibility index (Phi) is 8.12. The van der Waals surface area contributed by atoms with Crippen LogP contribution in [0.5, 0.6) is 11.5 Å². The molecule has 0 aromatic heterocycles. The number of likely N-dealkylation sites (tertiary alicyclic amines) is 1. The Morgan fingerprint density at radius 1 is 1.00 bits per heavy atom. The van der Waals surface area contributed by atoms with Gasteiger partial charge in [-0.2, -0.15) is 0 Å². The lowest BCUT2D eigenvalue weighted by Gasteiger charge is -2.32. The SMILES string of the molecule is COc1ccc(CCC(=O)NCC2CCN(C(=O)COc3ccccc3)CC2)cc1. The molecule has 160 valence electrons. The van der Waals surface area contributed by atoms with Crippen molar-refractivity contribution in [1.82, 2.24) is 10.2 Å². The second kappa shape index (κ2) is 11.2. The van der Waals surface area contributed by atoms with Crippen molar-refractivity contribution < 1.29 is 19.1 Å². The van der Waals surface area contributed by atoms with Crippen LogP contribution >= 0.6 is 0 Å². The molecule has 2 aromatic rings. The highest BCUT2D eigenvalue weighted by Gasteiger charge is 2.23. The number of benzene rings is 2. The minimum Gasteiger partial charge on any atom is -0.497 e. The molecule has 2 aromatic carbocycles. The summed E-state index contributed by atoms with van der Waals surface area (Å²) in [5.74, 6) is 2.02. The standard InChI is InChI=1S/C24H30N2O4/c1-29-21-10-7-19(8-11-21)9-12-23(27)25-17-20-13-15-26(16-14-20)24(28)18-30-22-5-3-2-4-6-22/h2-8,10-11,20H,9,12-18H2,1H3,(H,25,27). The van der Waals surface area contributed by atoms with Gasteiger partial charge in [0.15, 0.2) is 6.61 Å². The number of piperidine rings is 1. The van der Waals surface area contributed by atoms with E-state index in [-0.39, 0.29) is 18.4 Å². The highest BCUT2D eigenvalue weighted by molar-refractivity contribution is 5.78. The van der Waals surface area contributed by atoms with Crippen LogP contribution in [0.3, 0.4) is 0 Å². The molecule has 6 heteroatoms. The zero-order chi connectivity index (χ0) is 21.2. The van der Waals surface area contributed by atoms with Gasteiger partial charge in [-0.15, -0.1) is 0 Å². The first kappa shape index (κ1) is 21.7. The van der Waals surface area contributed by atoms with E-state index in [2.05, 4.69) is 5.32 Å². The number of ether oxygens (including phenoxy) is 2. The number of carbonyl (C=O) groups excluding carboxylic acids is 2. The number of para-hydroxylation sites is 1. The van der Waals surface area contributed by atoms with Crippen LogP contribution in [0.1, 0.15) is 24.8 Å². The number of nitrogens with zero attached hydrogens (tertiary/aromatic N) is 1. The molecule has 0 saturated carbocycles. The summed E-state index contributed by atoms with van der Waals surface area (Å²) in [6.07, 6.45) is 2.98. The molecule has 0 aliphatic carbocycles. The summed E-state index contributed by atoms with van der Waals surface area (Å²) in [5.41, 5.74) is 1.12. The number of methoxy groups -OCH3 is 1. The van der Waals surface area contributed by atoms with Crippen LogP contribution in [-0.2, 0) is 16.0 Å². The zero-order valence-electron chi connectivity index (χ0n) is 17.5. The second-order valence-corrected chi connectivity index (χ2v) is 7.58. The molecule has 1 N–H and O–H groups in total. The van der Waals surface area contributed by atoms with Crippen LogP contribution in [-0.4, -0.2) is 50.1 Å². The van der Waals surface area contributed by atoms with Crippen molar-refractivity contribution in [3.8, 4) is 11.5 Å². The van der Waals surface area contributed by atoms with E-state index in [0.717, 1.165) is 24.2 Å². The first-order valence-electron chi connectivity index (χ1n) is 10.5. The minimum atomic E-state index is 0.0147. The monoisotopic (exact) mass is 410 g/mol. The van der Waals surface area contributed by atoms with Gasteiger partial charge in [-0.25, -0.2) is 0 Å². The van der Waals surface area contributed by atoms with E-state index in [4.69, 9.17) is 9.47 Å². The Bertz CT molecular complexity index is 800. The fraction of sp³-hybridized carbons (Fsp3) is 0.417. The average Bonchev–Trinajstić information content (AvgIpc) is 2.81. The van der Waals surface area contributed by atoms with Crippen molar-refractivity contribution in [2.45, 2.75) is 25.7 Å². The summed E-state index contributed by atoms with van der Waals surface area (Å²) in [4.78, 5) is 26.3. The maximum absolute atomic E-state index is 12.3. The Labute approximate surface area is 178 Å². The molecule has 1 fully saturated rings. The van der Waals surface area contributed by atoms with Crippen LogP contribution in [0.4, 0.5) is 0 Å². The van der Waals surface area contributed by atoms with Crippen molar-refractivity contribution >= 4 is 11.8 Å². The average molecular weight is 411 g/mol. The molecule has 1 aliphatic rings. The van der Waals surface area contributed by atoms with E-state index in [1.165, 1.54) is 0 Å². The summed E-state index contributed by atoms with van der Waals surface area (Å²) >= 11 is 0. The molecule has 3 rings (SSSR count). The summed E-state index contributed by atoms with van der Waals surface area (Å²) in [7, 11) is 1.64. The number of nitrogens with one attached hydrogen (secondary N) is 1. The predicted octanol–water partition coefficient (Wildman–Crippen LogP) is 3.06. The van der Waals surface area contributed by atoms with Gasteiger partial charge in [0.05, 0.1) is 7.11 Å². The lowest BCUT2D eigenvalue weighted by Crippen LogP contribution is -2.43. The smallest absolute Gasteiger partial charge is 0.260 e. The van der Waals surface area contributed by atoms with Gasteiger partial charge in [-0.05, 0) is 55.0 Å². The molecule has 1 saturated heterocycles. The molecule has 0 unspecified atom stereocenters. The number of hydrogen-bond acceptors (Lipinski definition) is 4. The van der Waals surface area contributed by atoms with Crippen LogP contribution < -0.4 is 14.8 Å². The predicted molar refractivity (Wildman–Crippen MR) is 116 cm³/mol. The number of carbonyl (C=O) groups is 2. The lowest BCUT2D eigenvalue weighted by molar-refractivity contribution is -0.135. The Hall–Kier alpha value is -3.02. The lowest BCUT2D eigenvalue weighted by atomic mass is 9.96. The molecule has 30 heavy (non-hydrogen) atoms. The molecule has 2 amide bonds. The normalized spacial score (nSPS) is 14.2. The third kappa shape index (κ3) is 6.79. The van der Waals surface area contributed by atoms with E-state index in [9.17, 15) is 9.59 Å². The van der Waals surface area contributed by atoms with Crippen molar-refractivity contribution in [2.75, 3.05) is 33.4 Å². The maximum Gasteiger partial charge on any atom is 0.260 e. The molecule has 1 heterocycles. The quantitative estimate of drug-likeness (QED) is 0.690. The molecule has 0 bridgehead atoms. The van der Waals surface area contributed by atoms with Crippen LogP contribution in [0.25, 0.3) is 0 Å². The zero-order valence-corrected chi connectivity index (χ0v) is 17.5. The van der Waals surface area contributed by atoms with E-state index < -0.39 is 0 Å². The van der Waals surface area contributed by atoms with Crippen molar-refractivity contribution in [3.63, 3.8) is 0 Å². The molecule has 0 radical (unpaired) electrons. The number of amides is 2. The van der Waals surface area contributed by atoms with E-state index in [1.54, 1.807) is 7.11 Å². The van der Waals surface area contributed by atoms with Crippen molar-refractivity contribution in [2.24, 2.45) is 5.92 Å². The Balaban J connectivity index is 1.30. The van der Waals surface area contributed by atoms with Crippen molar-refractivity contribution in [3.05, 3.63) is 60.2 Å². The molecular weight excluding hydrogens is 380 g/mol. The summed E-state index contributed by atoms with van der Waals surface area (Å²) in [6.45, 7) is 2.16. The van der Waals surface area contributed by atoms with Crippen LogP contribution in [0, 0.1) is 5.92 Å². The van der Waals surface area contributed by atoms with Crippen molar-refractivity contribution in [1.29, 1.82) is 0 Å². The summed E-state index contributed by atoms with van der Waals surface area (Å²) in [6, 6.07) is 17.2. The van der Waals surface area contributed by atoms with E-state index in [1.807, 2.05) is 59.5 Å². The molecule has 1 aliphatic heterocycles. The largest absolute Gasteiger partial charge is 0.497 e. The van der Waals surface area contributed by atoms with E-state index in [0.29, 0.717) is 44.1 Å². The molecular formula is C24H30N2O4. The Morgan fingerprint density at radius 3 is 2.37 bits per heavy atom. The van der Waals surface area contributed by atoms with Crippen LogP contribution in [0.2, 0.25) is 0 Å². The minimum absolute atomic E-state index is 0.0147. The number of rotatable bonds is 9. The highest BCUT2D eigenvalue weighted by atomic mass is 16.5. The second-order valence-electron chi connectivity index (χ2n) is 7.58. The summed E-state index contributed by atoms with van der Waals surface area (Å²) < 4.78 is 10.7. The van der Waals surface area contributed by atoms with Gasteiger partial charge in [0, 0.05) is 26.1 Å².